The summed E-state index contributed by atoms with van der Waals surface area (Å²) in [5, 5.41) is 7.47. The van der Waals surface area contributed by atoms with E-state index in [-0.39, 0.29) is 11.7 Å². The fourth-order valence-electron chi connectivity index (χ4n) is 1.50. The third-order valence-electron chi connectivity index (χ3n) is 2.48. The zero-order chi connectivity index (χ0) is 13.8. The van der Waals surface area contributed by atoms with Crippen molar-refractivity contribution in [2.75, 3.05) is 0 Å². The van der Waals surface area contributed by atoms with Crippen LogP contribution in [0, 0.1) is 11.2 Å². The number of aromatic nitrogens is 2. The Morgan fingerprint density at radius 1 is 1.53 bits per heavy atom. The molecule has 0 radical (unpaired) electrons. The Labute approximate surface area is 118 Å². The molecule has 0 fully saturated rings. The number of benzene rings is 1. The number of aryl methyl sites for hydroxylation is 1. The van der Waals surface area contributed by atoms with Crippen LogP contribution in [0.5, 0.6) is 0 Å². The standard InChI is InChI=1S/C12H13FN4S2/c1-2-10-16-12(19-17-10)18-6-7-3-4-8(13)5-9(7)11(14)15/h3-5H,2,6H2,1H3,(H3,14,15). The van der Waals surface area contributed by atoms with E-state index in [4.69, 9.17) is 11.1 Å². The van der Waals surface area contributed by atoms with E-state index in [0.717, 1.165) is 22.1 Å². The lowest BCUT2D eigenvalue weighted by atomic mass is 10.1. The Kier molecular flexibility index (Phi) is 4.49. The predicted octanol–water partition coefficient (Wildman–Crippen LogP) is 2.82. The van der Waals surface area contributed by atoms with E-state index in [1.165, 1.54) is 35.4 Å². The van der Waals surface area contributed by atoms with E-state index in [0.29, 0.717) is 11.3 Å². The van der Waals surface area contributed by atoms with Crippen LogP contribution in [0.4, 0.5) is 4.39 Å². The minimum atomic E-state index is -0.386. The summed E-state index contributed by atoms with van der Waals surface area (Å²) in [6, 6.07) is 4.32. The summed E-state index contributed by atoms with van der Waals surface area (Å²) in [4.78, 5) is 4.35. The van der Waals surface area contributed by atoms with E-state index in [1.54, 1.807) is 6.07 Å². The first-order chi connectivity index (χ1) is 9.10. The second-order valence-corrected chi connectivity index (χ2v) is 5.81. The molecule has 0 bridgehead atoms. The van der Waals surface area contributed by atoms with Gasteiger partial charge in [-0.05, 0) is 29.2 Å². The van der Waals surface area contributed by atoms with Crippen molar-refractivity contribution < 1.29 is 4.39 Å². The Morgan fingerprint density at radius 3 is 2.95 bits per heavy atom. The number of amidine groups is 1. The Bertz CT molecular complexity index is 597. The van der Waals surface area contributed by atoms with Gasteiger partial charge in [-0.3, -0.25) is 5.41 Å². The number of nitrogen functional groups attached to an aromatic ring is 1. The van der Waals surface area contributed by atoms with Gasteiger partial charge in [-0.1, -0.05) is 24.8 Å². The zero-order valence-electron chi connectivity index (χ0n) is 10.3. The van der Waals surface area contributed by atoms with Gasteiger partial charge in [-0.15, -0.1) is 0 Å². The molecule has 0 amide bonds. The summed E-state index contributed by atoms with van der Waals surface area (Å²) in [5.41, 5.74) is 6.72. The molecule has 19 heavy (non-hydrogen) atoms. The van der Waals surface area contributed by atoms with Crippen molar-refractivity contribution >= 4 is 29.1 Å². The van der Waals surface area contributed by atoms with Crippen molar-refractivity contribution in [3.8, 4) is 0 Å². The maximum absolute atomic E-state index is 13.1. The summed E-state index contributed by atoms with van der Waals surface area (Å²) in [6.07, 6.45) is 0.812. The SMILES string of the molecule is CCc1nsc(SCc2ccc(F)cc2C(=N)N)n1. The van der Waals surface area contributed by atoms with Gasteiger partial charge in [0.05, 0.1) is 0 Å². The monoisotopic (exact) mass is 296 g/mol. The Morgan fingerprint density at radius 2 is 2.32 bits per heavy atom. The molecule has 0 aliphatic heterocycles. The molecule has 2 rings (SSSR count). The van der Waals surface area contributed by atoms with Gasteiger partial charge < -0.3 is 5.73 Å². The van der Waals surface area contributed by atoms with Crippen molar-refractivity contribution in [1.82, 2.24) is 9.36 Å². The molecule has 0 saturated carbocycles. The van der Waals surface area contributed by atoms with Crippen LogP contribution in [0.3, 0.4) is 0 Å². The van der Waals surface area contributed by atoms with Gasteiger partial charge in [0.25, 0.3) is 0 Å². The van der Waals surface area contributed by atoms with Crippen LogP contribution in [-0.4, -0.2) is 15.2 Å². The van der Waals surface area contributed by atoms with Gasteiger partial charge >= 0.3 is 0 Å². The van der Waals surface area contributed by atoms with Crippen LogP contribution in [0.1, 0.15) is 23.9 Å². The first-order valence-electron chi connectivity index (χ1n) is 5.68. The zero-order valence-corrected chi connectivity index (χ0v) is 11.9. The number of thioether (sulfide) groups is 1. The largest absolute Gasteiger partial charge is 0.384 e. The fourth-order valence-corrected chi connectivity index (χ4v) is 3.20. The van der Waals surface area contributed by atoms with Crippen LogP contribution in [0.2, 0.25) is 0 Å². The molecule has 2 aromatic rings. The topological polar surface area (TPSA) is 75.7 Å². The fraction of sp³-hybridized carbons (Fsp3) is 0.250. The third kappa shape index (κ3) is 3.51. The molecule has 0 spiro atoms. The second kappa shape index (κ2) is 6.12. The molecule has 0 aliphatic carbocycles. The van der Waals surface area contributed by atoms with Crippen molar-refractivity contribution in [2.24, 2.45) is 5.73 Å². The molecule has 100 valence electrons. The normalized spacial score (nSPS) is 10.6. The van der Waals surface area contributed by atoms with Gasteiger partial charge in [-0.25, -0.2) is 9.37 Å². The molecule has 0 atom stereocenters. The average molecular weight is 296 g/mol. The number of nitrogens with two attached hydrogens (primary N) is 1. The summed E-state index contributed by atoms with van der Waals surface area (Å²) < 4.78 is 18.2. The van der Waals surface area contributed by atoms with Gasteiger partial charge in [0.2, 0.25) is 0 Å². The molecule has 0 saturated heterocycles. The van der Waals surface area contributed by atoms with Gasteiger partial charge in [0, 0.05) is 17.7 Å². The molecule has 7 heteroatoms. The van der Waals surface area contributed by atoms with Crippen molar-refractivity contribution in [3.05, 3.63) is 41.0 Å². The molecular formula is C12H13FN4S2. The van der Waals surface area contributed by atoms with Crippen LogP contribution >= 0.6 is 23.3 Å². The van der Waals surface area contributed by atoms with E-state index in [1.807, 2.05) is 6.92 Å². The number of nitrogens with zero attached hydrogens (tertiary/aromatic N) is 2. The number of halogens is 1. The van der Waals surface area contributed by atoms with Crippen LogP contribution in [-0.2, 0) is 12.2 Å². The number of hydrogen-bond acceptors (Lipinski definition) is 5. The average Bonchev–Trinajstić information content (AvgIpc) is 2.85. The first kappa shape index (κ1) is 14.0. The van der Waals surface area contributed by atoms with Crippen LogP contribution in [0.25, 0.3) is 0 Å². The highest BCUT2D eigenvalue weighted by Gasteiger charge is 2.09. The quantitative estimate of drug-likeness (QED) is 0.505. The lowest BCUT2D eigenvalue weighted by molar-refractivity contribution is 0.627. The number of rotatable bonds is 5. The maximum atomic E-state index is 13.1. The van der Waals surface area contributed by atoms with E-state index < -0.39 is 0 Å². The first-order valence-corrected chi connectivity index (χ1v) is 7.44. The lowest BCUT2D eigenvalue weighted by Gasteiger charge is -2.06. The molecule has 0 aliphatic rings. The molecule has 1 aromatic heterocycles. The smallest absolute Gasteiger partial charge is 0.170 e. The molecule has 1 aromatic carbocycles. The summed E-state index contributed by atoms with van der Waals surface area (Å²) in [7, 11) is 0. The van der Waals surface area contributed by atoms with Crippen molar-refractivity contribution in [1.29, 1.82) is 5.41 Å². The summed E-state index contributed by atoms with van der Waals surface area (Å²) in [6.45, 7) is 2.00. The Balaban J connectivity index is 2.12. The van der Waals surface area contributed by atoms with Crippen molar-refractivity contribution in [2.45, 2.75) is 23.4 Å². The lowest BCUT2D eigenvalue weighted by Crippen LogP contribution is -2.13. The number of nitrogens with one attached hydrogen (secondary N) is 1. The molecule has 4 nitrogen and oxygen atoms in total. The molecule has 3 N–H and O–H groups in total. The van der Waals surface area contributed by atoms with Crippen LogP contribution in [0.15, 0.2) is 22.5 Å². The predicted molar refractivity (Wildman–Crippen MR) is 76.3 cm³/mol. The Hall–Kier alpha value is -1.47. The number of hydrogen-bond donors (Lipinski definition) is 2. The summed E-state index contributed by atoms with van der Waals surface area (Å²) >= 11 is 2.87. The minimum absolute atomic E-state index is 0.124. The maximum Gasteiger partial charge on any atom is 0.170 e. The van der Waals surface area contributed by atoms with E-state index in [9.17, 15) is 4.39 Å². The van der Waals surface area contributed by atoms with E-state index >= 15 is 0 Å². The third-order valence-corrected chi connectivity index (χ3v) is 4.40. The highest BCUT2D eigenvalue weighted by Crippen LogP contribution is 2.26. The van der Waals surface area contributed by atoms with Gasteiger partial charge in [0.1, 0.15) is 17.5 Å². The summed E-state index contributed by atoms with van der Waals surface area (Å²) in [5.74, 6) is 0.913. The minimum Gasteiger partial charge on any atom is -0.384 e. The van der Waals surface area contributed by atoms with Gasteiger partial charge in [-0.2, -0.15) is 4.37 Å². The molecule has 0 unspecified atom stereocenters. The second-order valence-electron chi connectivity index (χ2n) is 3.83. The van der Waals surface area contributed by atoms with Crippen molar-refractivity contribution in [3.63, 3.8) is 0 Å². The molecule has 1 heterocycles. The van der Waals surface area contributed by atoms with Crippen LogP contribution < -0.4 is 5.73 Å². The molecular weight excluding hydrogens is 283 g/mol. The van der Waals surface area contributed by atoms with Gasteiger partial charge in [0.15, 0.2) is 4.34 Å². The van der Waals surface area contributed by atoms with E-state index in [2.05, 4.69) is 9.36 Å². The highest BCUT2D eigenvalue weighted by molar-refractivity contribution is 8.00. The highest BCUT2D eigenvalue weighted by atomic mass is 32.2.